The normalized spacial score (nSPS) is 10.6. The van der Waals surface area contributed by atoms with Crippen LogP contribution in [-0.4, -0.2) is 38.2 Å². The summed E-state index contributed by atoms with van der Waals surface area (Å²) >= 11 is 3.33. The average Bonchev–Trinajstić information content (AvgIpc) is 2.56. The molecule has 0 aliphatic rings. The molecule has 0 atom stereocenters. The molecule has 7 nitrogen and oxygen atoms in total. The number of carbonyl (C=O) groups is 3. The van der Waals surface area contributed by atoms with Crippen molar-refractivity contribution in [3.8, 4) is 5.75 Å². The molecule has 0 aromatic heterocycles. The Morgan fingerprint density at radius 2 is 2.00 bits per heavy atom. The van der Waals surface area contributed by atoms with Gasteiger partial charge < -0.3 is 14.8 Å². The largest absolute Gasteiger partial charge is 0.496 e. The second-order valence-corrected chi connectivity index (χ2v) is 6.40. The topological polar surface area (TPSA) is 93.7 Å². The van der Waals surface area contributed by atoms with E-state index in [1.807, 2.05) is 19.9 Å². The van der Waals surface area contributed by atoms with Gasteiger partial charge in [-0.1, -0.05) is 29.8 Å². The average molecular weight is 413 g/mol. The van der Waals surface area contributed by atoms with Crippen molar-refractivity contribution in [2.75, 3.05) is 20.3 Å². The van der Waals surface area contributed by atoms with Crippen LogP contribution >= 0.6 is 15.9 Å². The molecule has 0 heterocycles. The number of nitrogens with one attached hydrogen (secondary N) is 2. The highest BCUT2D eigenvalue weighted by atomic mass is 79.9. The number of esters is 1. The van der Waals surface area contributed by atoms with Crippen molar-refractivity contribution >= 4 is 39.9 Å². The van der Waals surface area contributed by atoms with E-state index in [1.165, 1.54) is 19.3 Å². The Hall–Kier alpha value is -2.35. The van der Waals surface area contributed by atoms with Crippen molar-refractivity contribution in [1.82, 2.24) is 10.6 Å². The van der Waals surface area contributed by atoms with Crippen LogP contribution in [0, 0.1) is 5.92 Å². The molecule has 0 aliphatic carbocycles. The molecule has 0 fully saturated rings. The number of carbonyl (C=O) groups excluding carboxylic acids is 3. The SMILES string of the molecule is COc1ccc(Br)cc1/C=C/C(=O)OCC(=O)NC(=O)NCC(C)C. The van der Waals surface area contributed by atoms with Crippen LogP contribution in [0.4, 0.5) is 4.79 Å². The van der Waals surface area contributed by atoms with E-state index in [2.05, 4.69) is 26.6 Å². The molecule has 0 radical (unpaired) electrons. The first-order valence-electron chi connectivity index (χ1n) is 7.58. The van der Waals surface area contributed by atoms with Gasteiger partial charge in [-0.25, -0.2) is 9.59 Å². The van der Waals surface area contributed by atoms with Crippen LogP contribution in [0.25, 0.3) is 6.08 Å². The monoisotopic (exact) mass is 412 g/mol. The fourth-order valence-corrected chi connectivity index (χ4v) is 2.06. The summed E-state index contributed by atoms with van der Waals surface area (Å²) in [6.45, 7) is 3.75. The number of hydrogen-bond acceptors (Lipinski definition) is 5. The smallest absolute Gasteiger partial charge is 0.331 e. The zero-order chi connectivity index (χ0) is 18.8. The molecule has 1 aromatic rings. The second-order valence-electron chi connectivity index (χ2n) is 5.48. The number of methoxy groups -OCH3 is 1. The summed E-state index contributed by atoms with van der Waals surface area (Å²) in [6.07, 6.45) is 2.69. The fraction of sp³-hybridized carbons (Fsp3) is 0.353. The van der Waals surface area contributed by atoms with E-state index in [1.54, 1.807) is 12.1 Å². The van der Waals surface area contributed by atoms with Gasteiger partial charge in [0.2, 0.25) is 0 Å². The summed E-state index contributed by atoms with van der Waals surface area (Å²) in [5, 5.41) is 4.60. The fourth-order valence-electron chi connectivity index (χ4n) is 1.68. The number of benzene rings is 1. The Labute approximate surface area is 154 Å². The van der Waals surface area contributed by atoms with Gasteiger partial charge in [-0.15, -0.1) is 0 Å². The maximum atomic E-state index is 11.7. The summed E-state index contributed by atoms with van der Waals surface area (Å²) in [5.74, 6) is -0.562. The van der Waals surface area contributed by atoms with Crippen molar-refractivity contribution in [3.63, 3.8) is 0 Å². The molecule has 1 aromatic carbocycles. The highest BCUT2D eigenvalue weighted by molar-refractivity contribution is 9.10. The highest BCUT2D eigenvalue weighted by Crippen LogP contribution is 2.24. The van der Waals surface area contributed by atoms with Gasteiger partial charge in [0, 0.05) is 22.7 Å². The van der Waals surface area contributed by atoms with Crippen LogP contribution < -0.4 is 15.4 Å². The minimum absolute atomic E-state index is 0.263. The minimum Gasteiger partial charge on any atom is -0.496 e. The van der Waals surface area contributed by atoms with Crippen LogP contribution in [0.2, 0.25) is 0 Å². The van der Waals surface area contributed by atoms with E-state index in [9.17, 15) is 14.4 Å². The van der Waals surface area contributed by atoms with Gasteiger partial charge in [0.05, 0.1) is 7.11 Å². The van der Waals surface area contributed by atoms with Crippen molar-refractivity contribution in [1.29, 1.82) is 0 Å². The first kappa shape index (κ1) is 20.7. The van der Waals surface area contributed by atoms with Gasteiger partial charge in [-0.3, -0.25) is 10.1 Å². The highest BCUT2D eigenvalue weighted by Gasteiger charge is 2.10. The second kappa shape index (κ2) is 10.5. The van der Waals surface area contributed by atoms with Crippen LogP contribution in [0.5, 0.6) is 5.75 Å². The lowest BCUT2D eigenvalue weighted by Gasteiger charge is -2.08. The predicted octanol–water partition coefficient (Wildman–Crippen LogP) is 2.50. The number of imide groups is 1. The zero-order valence-electron chi connectivity index (χ0n) is 14.3. The predicted molar refractivity (Wildman–Crippen MR) is 97.1 cm³/mol. The molecule has 1 rings (SSSR count). The molecule has 0 saturated heterocycles. The molecule has 0 aliphatic heterocycles. The quantitative estimate of drug-likeness (QED) is 0.529. The molecular weight excluding hydrogens is 392 g/mol. The summed E-state index contributed by atoms with van der Waals surface area (Å²) in [5.41, 5.74) is 0.673. The van der Waals surface area contributed by atoms with E-state index in [4.69, 9.17) is 9.47 Å². The van der Waals surface area contributed by atoms with Gasteiger partial charge in [0.25, 0.3) is 5.91 Å². The number of urea groups is 1. The molecule has 0 spiro atoms. The lowest BCUT2D eigenvalue weighted by Crippen LogP contribution is -2.42. The van der Waals surface area contributed by atoms with Crippen molar-refractivity contribution < 1.29 is 23.9 Å². The summed E-state index contributed by atoms with van der Waals surface area (Å²) in [4.78, 5) is 34.6. The summed E-state index contributed by atoms with van der Waals surface area (Å²) < 4.78 is 10.8. The Morgan fingerprint density at radius 1 is 1.28 bits per heavy atom. The van der Waals surface area contributed by atoms with Gasteiger partial charge >= 0.3 is 12.0 Å². The molecule has 0 bridgehead atoms. The molecule has 0 saturated carbocycles. The van der Waals surface area contributed by atoms with Gasteiger partial charge in [0.1, 0.15) is 5.75 Å². The Balaban J connectivity index is 2.45. The maximum absolute atomic E-state index is 11.7. The van der Waals surface area contributed by atoms with Crippen LogP contribution in [0.3, 0.4) is 0 Å². The molecule has 136 valence electrons. The number of amides is 3. The molecule has 8 heteroatoms. The standard InChI is InChI=1S/C17H21BrN2O5/c1-11(2)9-19-17(23)20-15(21)10-25-16(22)7-4-12-8-13(18)5-6-14(12)24-3/h4-8,11H,9-10H2,1-3H3,(H2,19,20,21,23)/b7-4+. The third-order valence-electron chi connectivity index (χ3n) is 2.86. The van der Waals surface area contributed by atoms with Crippen molar-refractivity contribution in [3.05, 3.63) is 34.3 Å². The third-order valence-corrected chi connectivity index (χ3v) is 3.35. The third kappa shape index (κ3) is 8.35. The van der Waals surface area contributed by atoms with Crippen LogP contribution in [0.15, 0.2) is 28.7 Å². The first-order valence-corrected chi connectivity index (χ1v) is 8.37. The van der Waals surface area contributed by atoms with Crippen LogP contribution in [-0.2, 0) is 14.3 Å². The molecular formula is C17H21BrN2O5. The van der Waals surface area contributed by atoms with E-state index in [0.29, 0.717) is 17.9 Å². The number of halogens is 1. The van der Waals surface area contributed by atoms with Gasteiger partial charge in [-0.05, 0) is 30.2 Å². The summed E-state index contributed by atoms with van der Waals surface area (Å²) in [7, 11) is 1.52. The Bertz CT molecular complexity index is 658. The number of rotatable bonds is 7. The molecule has 0 unspecified atom stereocenters. The van der Waals surface area contributed by atoms with E-state index in [0.717, 1.165) is 4.47 Å². The van der Waals surface area contributed by atoms with Crippen molar-refractivity contribution in [2.45, 2.75) is 13.8 Å². The maximum Gasteiger partial charge on any atom is 0.331 e. The van der Waals surface area contributed by atoms with Gasteiger partial charge in [0.15, 0.2) is 6.61 Å². The molecule has 2 N–H and O–H groups in total. The van der Waals surface area contributed by atoms with Crippen LogP contribution in [0.1, 0.15) is 19.4 Å². The molecule has 25 heavy (non-hydrogen) atoms. The molecule has 3 amide bonds. The number of ether oxygens (including phenoxy) is 2. The van der Waals surface area contributed by atoms with Crippen molar-refractivity contribution in [2.24, 2.45) is 5.92 Å². The minimum atomic E-state index is -0.709. The van der Waals surface area contributed by atoms with Gasteiger partial charge in [-0.2, -0.15) is 0 Å². The summed E-state index contributed by atoms with van der Waals surface area (Å²) in [6, 6.07) is 4.71. The Kier molecular flexibility index (Phi) is 8.69. The Morgan fingerprint density at radius 3 is 2.64 bits per heavy atom. The van der Waals surface area contributed by atoms with E-state index < -0.39 is 24.5 Å². The lowest BCUT2D eigenvalue weighted by atomic mass is 10.2. The van der Waals surface area contributed by atoms with E-state index in [-0.39, 0.29) is 5.92 Å². The first-order chi connectivity index (χ1) is 11.8. The zero-order valence-corrected chi connectivity index (χ0v) is 15.9. The van der Waals surface area contributed by atoms with E-state index >= 15 is 0 Å². The number of hydrogen-bond donors (Lipinski definition) is 2. The lowest BCUT2D eigenvalue weighted by molar-refractivity contribution is -0.143.